The molecule has 90 valence electrons. The lowest BCUT2D eigenvalue weighted by molar-refractivity contribution is 0.0702. The van der Waals surface area contributed by atoms with Crippen LogP contribution in [0, 0.1) is 6.92 Å². The minimum atomic E-state index is -3.11. The van der Waals surface area contributed by atoms with Crippen molar-refractivity contribution in [2.75, 3.05) is 5.75 Å². The number of hydrogen-bond acceptors (Lipinski definition) is 4. The van der Waals surface area contributed by atoms with Crippen molar-refractivity contribution in [3.05, 3.63) is 21.4 Å². The summed E-state index contributed by atoms with van der Waals surface area (Å²) in [7, 11) is -3.11. The Morgan fingerprint density at radius 3 is 2.56 bits per heavy atom. The first-order valence-corrected chi connectivity index (χ1v) is 7.52. The quantitative estimate of drug-likeness (QED) is 0.882. The summed E-state index contributed by atoms with van der Waals surface area (Å²) in [4.78, 5) is 11.7. The van der Waals surface area contributed by atoms with Gasteiger partial charge in [0, 0.05) is 4.88 Å². The van der Waals surface area contributed by atoms with E-state index in [9.17, 15) is 13.2 Å². The Hall–Kier alpha value is -0.880. The predicted molar refractivity (Wildman–Crippen MR) is 63.8 cm³/mol. The number of aromatic carboxylic acids is 1. The zero-order chi connectivity index (χ0) is 12.3. The molecule has 1 heterocycles. The van der Waals surface area contributed by atoms with Gasteiger partial charge in [0.05, 0.1) is 11.5 Å². The number of carboxylic acid groups (broad SMARTS) is 1. The molecule has 0 aliphatic heterocycles. The molecule has 0 aliphatic rings. The van der Waals surface area contributed by atoms with E-state index in [0.717, 1.165) is 16.2 Å². The van der Waals surface area contributed by atoms with Crippen molar-refractivity contribution in [1.82, 2.24) is 0 Å². The van der Waals surface area contributed by atoms with Crippen molar-refractivity contribution in [2.45, 2.75) is 26.0 Å². The summed E-state index contributed by atoms with van der Waals surface area (Å²) in [5.74, 6) is -0.923. The summed E-state index contributed by atoms with van der Waals surface area (Å²) in [5, 5.41) is 8.79. The van der Waals surface area contributed by atoms with Gasteiger partial charge < -0.3 is 5.11 Å². The van der Waals surface area contributed by atoms with Crippen molar-refractivity contribution >= 4 is 27.1 Å². The summed E-state index contributed by atoms with van der Waals surface area (Å²) >= 11 is 1.12. The SMILES string of the molecule is CCCS(=O)(=O)Cc1cc(C(=O)O)sc1C. The lowest BCUT2D eigenvalue weighted by Crippen LogP contribution is -2.08. The number of rotatable bonds is 5. The Morgan fingerprint density at radius 2 is 2.12 bits per heavy atom. The third-order valence-electron chi connectivity index (χ3n) is 2.12. The van der Waals surface area contributed by atoms with Gasteiger partial charge in [-0.05, 0) is 25.0 Å². The summed E-state index contributed by atoms with van der Waals surface area (Å²) in [6.45, 7) is 3.55. The molecule has 1 aromatic heterocycles. The molecule has 1 aromatic rings. The highest BCUT2D eigenvalue weighted by molar-refractivity contribution is 7.90. The summed E-state index contributed by atoms with van der Waals surface area (Å²) in [6, 6.07) is 1.45. The van der Waals surface area contributed by atoms with Crippen LogP contribution in [0.15, 0.2) is 6.07 Å². The van der Waals surface area contributed by atoms with E-state index < -0.39 is 15.8 Å². The maximum Gasteiger partial charge on any atom is 0.345 e. The Kier molecular flexibility index (Phi) is 4.09. The first-order chi connectivity index (χ1) is 7.35. The molecule has 0 aromatic carbocycles. The van der Waals surface area contributed by atoms with Crippen LogP contribution in [-0.2, 0) is 15.6 Å². The topological polar surface area (TPSA) is 71.4 Å². The molecule has 0 aliphatic carbocycles. The van der Waals surface area contributed by atoms with E-state index in [4.69, 9.17) is 5.11 Å². The second-order valence-electron chi connectivity index (χ2n) is 3.59. The summed E-state index contributed by atoms with van der Waals surface area (Å²) < 4.78 is 23.2. The minimum absolute atomic E-state index is 0.0591. The molecule has 4 nitrogen and oxygen atoms in total. The number of carbonyl (C=O) groups is 1. The third kappa shape index (κ3) is 3.31. The summed E-state index contributed by atoms with van der Waals surface area (Å²) in [5.41, 5.74) is 0.607. The van der Waals surface area contributed by atoms with E-state index in [1.807, 2.05) is 0 Å². The van der Waals surface area contributed by atoms with Crippen molar-refractivity contribution in [1.29, 1.82) is 0 Å². The van der Waals surface area contributed by atoms with Crippen LogP contribution >= 0.6 is 11.3 Å². The molecule has 6 heteroatoms. The molecule has 1 N–H and O–H groups in total. The fourth-order valence-electron chi connectivity index (χ4n) is 1.39. The number of aryl methyl sites for hydroxylation is 1. The number of hydrogen-bond donors (Lipinski definition) is 1. The lowest BCUT2D eigenvalue weighted by Gasteiger charge is -2.01. The zero-order valence-corrected chi connectivity index (χ0v) is 10.8. The largest absolute Gasteiger partial charge is 0.477 e. The normalized spacial score (nSPS) is 11.6. The van der Waals surface area contributed by atoms with Crippen molar-refractivity contribution in [2.24, 2.45) is 0 Å². The van der Waals surface area contributed by atoms with Crippen LogP contribution in [0.25, 0.3) is 0 Å². The maximum absolute atomic E-state index is 11.6. The van der Waals surface area contributed by atoms with Crippen molar-refractivity contribution in [3.63, 3.8) is 0 Å². The zero-order valence-electron chi connectivity index (χ0n) is 9.19. The van der Waals surface area contributed by atoms with E-state index in [-0.39, 0.29) is 16.4 Å². The molecule has 0 bridgehead atoms. The molecule has 0 amide bonds. The lowest BCUT2D eigenvalue weighted by atomic mass is 10.3. The van der Waals surface area contributed by atoms with Gasteiger partial charge in [0.15, 0.2) is 9.84 Å². The fourth-order valence-corrected chi connectivity index (χ4v) is 3.90. The van der Waals surface area contributed by atoms with Crippen LogP contribution in [0.1, 0.15) is 33.5 Å². The van der Waals surface area contributed by atoms with E-state index in [1.54, 1.807) is 13.8 Å². The van der Waals surface area contributed by atoms with Crippen molar-refractivity contribution < 1.29 is 18.3 Å². The predicted octanol–water partition coefficient (Wildman–Crippen LogP) is 2.08. The monoisotopic (exact) mass is 262 g/mol. The van der Waals surface area contributed by atoms with Gasteiger partial charge in [0.1, 0.15) is 4.88 Å². The first-order valence-electron chi connectivity index (χ1n) is 4.88. The highest BCUT2D eigenvalue weighted by atomic mass is 32.2. The molecule has 0 fully saturated rings. The van der Waals surface area contributed by atoms with Gasteiger partial charge in [-0.1, -0.05) is 6.92 Å². The van der Waals surface area contributed by atoms with Gasteiger partial charge in [-0.25, -0.2) is 13.2 Å². The van der Waals surface area contributed by atoms with Crippen LogP contribution in [0.2, 0.25) is 0 Å². The van der Waals surface area contributed by atoms with E-state index in [0.29, 0.717) is 12.0 Å². The molecule has 0 radical (unpaired) electrons. The maximum atomic E-state index is 11.6. The molecule has 0 atom stereocenters. The molecule has 1 rings (SSSR count). The van der Waals surface area contributed by atoms with Gasteiger partial charge in [-0.2, -0.15) is 0 Å². The smallest absolute Gasteiger partial charge is 0.345 e. The van der Waals surface area contributed by atoms with Gasteiger partial charge in [-0.3, -0.25) is 0 Å². The molecular formula is C10H14O4S2. The Morgan fingerprint density at radius 1 is 1.50 bits per heavy atom. The number of sulfone groups is 1. The second-order valence-corrected chi connectivity index (χ2v) is 7.03. The van der Waals surface area contributed by atoms with Crippen LogP contribution in [0.5, 0.6) is 0 Å². The van der Waals surface area contributed by atoms with Gasteiger partial charge in [0.25, 0.3) is 0 Å². The molecule has 0 unspecified atom stereocenters. The second kappa shape index (κ2) is 4.97. The molecule has 0 spiro atoms. The van der Waals surface area contributed by atoms with Crippen LogP contribution in [-0.4, -0.2) is 25.2 Å². The number of thiophene rings is 1. The van der Waals surface area contributed by atoms with Crippen molar-refractivity contribution in [3.8, 4) is 0 Å². The highest BCUT2D eigenvalue weighted by Crippen LogP contribution is 2.23. The summed E-state index contributed by atoms with van der Waals surface area (Å²) in [6.07, 6.45) is 0.581. The molecule has 0 saturated carbocycles. The van der Waals surface area contributed by atoms with Gasteiger partial charge in [-0.15, -0.1) is 11.3 Å². The average molecular weight is 262 g/mol. The fraction of sp³-hybridized carbons (Fsp3) is 0.500. The van der Waals surface area contributed by atoms with Crippen LogP contribution < -0.4 is 0 Å². The molecule has 0 saturated heterocycles. The minimum Gasteiger partial charge on any atom is -0.477 e. The van der Waals surface area contributed by atoms with Gasteiger partial charge in [0.2, 0.25) is 0 Å². The Balaban J connectivity index is 2.94. The molecule has 16 heavy (non-hydrogen) atoms. The standard InChI is InChI=1S/C10H14O4S2/c1-3-4-16(13,14)6-8-5-9(10(11)12)15-7(8)2/h5H,3-4,6H2,1-2H3,(H,11,12). The van der Waals surface area contributed by atoms with Gasteiger partial charge >= 0.3 is 5.97 Å². The van der Waals surface area contributed by atoms with E-state index in [1.165, 1.54) is 6.07 Å². The molecular weight excluding hydrogens is 248 g/mol. The van der Waals surface area contributed by atoms with Crippen LogP contribution in [0.3, 0.4) is 0 Å². The van der Waals surface area contributed by atoms with E-state index in [2.05, 4.69) is 0 Å². The number of carboxylic acids is 1. The average Bonchev–Trinajstić information content (AvgIpc) is 2.47. The third-order valence-corrected chi connectivity index (χ3v) is 4.98. The van der Waals surface area contributed by atoms with E-state index >= 15 is 0 Å². The first kappa shape index (κ1) is 13.2. The Labute approximate surface area is 98.8 Å². The highest BCUT2D eigenvalue weighted by Gasteiger charge is 2.16. The Bertz CT molecular complexity index is 485. The van der Waals surface area contributed by atoms with Crippen LogP contribution in [0.4, 0.5) is 0 Å².